The zero-order valence-corrected chi connectivity index (χ0v) is 11.9. The van der Waals surface area contributed by atoms with Gasteiger partial charge in [0.15, 0.2) is 0 Å². The first-order valence-electron chi connectivity index (χ1n) is 6.73. The molecule has 0 aliphatic carbocycles. The van der Waals surface area contributed by atoms with E-state index in [1.54, 1.807) is 0 Å². The lowest BCUT2D eigenvalue weighted by atomic mass is 10.0. The molecule has 0 aliphatic heterocycles. The molecule has 2 aromatic rings. The van der Waals surface area contributed by atoms with Gasteiger partial charge in [-0.2, -0.15) is 0 Å². The Morgan fingerprint density at radius 1 is 1.21 bits per heavy atom. The summed E-state index contributed by atoms with van der Waals surface area (Å²) in [4.78, 5) is 19.5. The molecule has 3 nitrogen and oxygen atoms in total. The van der Waals surface area contributed by atoms with Crippen molar-refractivity contribution in [3.63, 3.8) is 0 Å². The molecule has 1 N–H and O–H groups in total. The molecular weight excluding hydrogens is 236 g/mol. The van der Waals surface area contributed by atoms with Crippen LogP contribution in [0.15, 0.2) is 29.1 Å². The van der Waals surface area contributed by atoms with E-state index < -0.39 is 0 Å². The van der Waals surface area contributed by atoms with Gasteiger partial charge in [0, 0.05) is 16.8 Å². The van der Waals surface area contributed by atoms with E-state index >= 15 is 0 Å². The largest absolute Gasteiger partial charge is 0.306 e. The van der Waals surface area contributed by atoms with Gasteiger partial charge in [0.1, 0.15) is 5.82 Å². The monoisotopic (exact) mass is 256 g/mol. The lowest BCUT2D eigenvalue weighted by molar-refractivity contribution is 0.815. The van der Waals surface area contributed by atoms with Crippen molar-refractivity contribution < 1.29 is 0 Å². The average molecular weight is 256 g/mol. The first-order valence-corrected chi connectivity index (χ1v) is 6.73. The van der Waals surface area contributed by atoms with Crippen molar-refractivity contribution in [3.8, 4) is 11.4 Å². The predicted octanol–water partition coefficient (Wildman–Crippen LogP) is 3.43. The third-order valence-electron chi connectivity index (χ3n) is 3.36. The zero-order chi connectivity index (χ0) is 14.0. The smallest absolute Gasteiger partial charge is 0.254 e. The summed E-state index contributed by atoms with van der Waals surface area (Å²) in [5.74, 6) is 0.835. The molecule has 100 valence electrons. The summed E-state index contributed by atoms with van der Waals surface area (Å²) >= 11 is 0. The van der Waals surface area contributed by atoms with E-state index in [9.17, 15) is 4.79 Å². The lowest BCUT2D eigenvalue weighted by Gasteiger charge is -2.10. The van der Waals surface area contributed by atoms with Gasteiger partial charge in [-0.15, -0.1) is 0 Å². The van der Waals surface area contributed by atoms with Gasteiger partial charge in [-0.25, -0.2) is 4.98 Å². The summed E-state index contributed by atoms with van der Waals surface area (Å²) in [5, 5.41) is 0. The highest BCUT2D eigenvalue weighted by atomic mass is 16.1. The molecule has 0 bridgehead atoms. The molecule has 0 spiro atoms. The molecule has 0 unspecified atom stereocenters. The van der Waals surface area contributed by atoms with E-state index in [2.05, 4.69) is 29.0 Å². The van der Waals surface area contributed by atoms with Gasteiger partial charge in [-0.1, -0.05) is 45.0 Å². The Balaban J connectivity index is 2.49. The van der Waals surface area contributed by atoms with Gasteiger partial charge < -0.3 is 4.98 Å². The molecule has 0 saturated heterocycles. The Hall–Kier alpha value is -1.90. The molecule has 0 atom stereocenters. The third-order valence-corrected chi connectivity index (χ3v) is 3.36. The molecule has 1 aromatic carbocycles. The van der Waals surface area contributed by atoms with Gasteiger partial charge in [0.25, 0.3) is 5.56 Å². The maximum Gasteiger partial charge on any atom is 0.254 e. The van der Waals surface area contributed by atoms with Crippen LogP contribution in [0.3, 0.4) is 0 Å². The first kappa shape index (κ1) is 13.5. The maximum absolute atomic E-state index is 12.1. The summed E-state index contributed by atoms with van der Waals surface area (Å²) in [5.41, 5.74) is 3.79. The van der Waals surface area contributed by atoms with Crippen molar-refractivity contribution in [2.24, 2.45) is 0 Å². The molecule has 1 heterocycles. The van der Waals surface area contributed by atoms with E-state index in [0.29, 0.717) is 5.82 Å². The number of aryl methyl sites for hydroxylation is 2. The maximum atomic E-state index is 12.1. The number of hydrogen-bond acceptors (Lipinski definition) is 2. The summed E-state index contributed by atoms with van der Waals surface area (Å²) in [6, 6.07) is 8.15. The number of H-pyrrole nitrogens is 1. The average Bonchev–Trinajstić information content (AvgIpc) is 2.37. The molecule has 1 aromatic heterocycles. The normalized spacial score (nSPS) is 11.0. The van der Waals surface area contributed by atoms with E-state index in [-0.39, 0.29) is 11.5 Å². The second kappa shape index (κ2) is 5.39. The zero-order valence-electron chi connectivity index (χ0n) is 11.9. The second-order valence-electron chi connectivity index (χ2n) is 5.12. The summed E-state index contributed by atoms with van der Waals surface area (Å²) in [7, 11) is 0. The van der Waals surface area contributed by atoms with Gasteiger partial charge in [-0.3, -0.25) is 4.79 Å². The number of aromatic amines is 1. The van der Waals surface area contributed by atoms with Crippen LogP contribution in [-0.4, -0.2) is 9.97 Å². The van der Waals surface area contributed by atoms with E-state index in [1.165, 1.54) is 5.56 Å². The fraction of sp³-hybridized carbons (Fsp3) is 0.375. The summed E-state index contributed by atoms with van der Waals surface area (Å²) < 4.78 is 0. The summed E-state index contributed by atoms with van der Waals surface area (Å²) in [6.07, 6.45) is 1.01. The van der Waals surface area contributed by atoms with Gasteiger partial charge in [-0.05, 0) is 24.8 Å². The number of aromatic nitrogens is 2. The lowest BCUT2D eigenvalue weighted by Crippen LogP contribution is -2.18. The van der Waals surface area contributed by atoms with Crippen LogP contribution in [0.2, 0.25) is 0 Å². The fourth-order valence-corrected chi connectivity index (χ4v) is 2.31. The minimum absolute atomic E-state index is 0.0305. The van der Waals surface area contributed by atoms with Crippen LogP contribution in [0, 0.1) is 6.92 Å². The molecule has 0 radical (unpaired) electrons. The van der Waals surface area contributed by atoms with Crippen LogP contribution in [0.25, 0.3) is 11.4 Å². The standard InChI is InChI=1S/C16H20N2O/c1-5-12-6-8-13(9-7-12)15-17-11(4)14(10(2)3)16(19)18-15/h6-10H,5H2,1-4H3,(H,17,18,19). The highest BCUT2D eigenvalue weighted by molar-refractivity contribution is 5.55. The van der Waals surface area contributed by atoms with Crippen molar-refractivity contribution in [2.75, 3.05) is 0 Å². The van der Waals surface area contributed by atoms with Crippen LogP contribution in [0.1, 0.15) is 43.5 Å². The highest BCUT2D eigenvalue weighted by Crippen LogP contribution is 2.18. The van der Waals surface area contributed by atoms with E-state index in [0.717, 1.165) is 23.2 Å². The third kappa shape index (κ3) is 2.75. The number of rotatable bonds is 3. The molecule has 3 heteroatoms. The van der Waals surface area contributed by atoms with Crippen molar-refractivity contribution >= 4 is 0 Å². The highest BCUT2D eigenvalue weighted by Gasteiger charge is 2.12. The van der Waals surface area contributed by atoms with E-state index in [4.69, 9.17) is 0 Å². The van der Waals surface area contributed by atoms with Crippen LogP contribution < -0.4 is 5.56 Å². The Kier molecular flexibility index (Phi) is 3.84. The minimum Gasteiger partial charge on any atom is -0.306 e. The topological polar surface area (TPSA) is 45.8 Å². The predicted molar refractivity (Wildman–Crippen MR) is 78.5 cm³/mol. The molecule has 0 fully saturated rings. The van der Waals surface area contributed by atoms with Crippen molar-refractivity contribution in [1.29, 1.82) is 0 Å². The van der Waals surface area contributed by atoms with Crippen molar-refractivity contribution in [3.05, 3.63) is 51.4 Å². The number of hydrogen-bond donors (Lipinski definition) is 1. The first-order chi connectivity index (χ1) is 9.02. The fourth-order valence-electron chi connectivity index (χ4n) is 2.31. The minimum atomic E-state index is -0.0305. The SMILES string of the molecule is CCc1ccc(-c2nc(C)c(C(C)C)c(=O)[nH]2)cc1. The van der Waals surface area contributed by atoms with Crippen LogP contribution in [-0.2, 0) is 6.42 Å². The second-order valence-corrected chi connectivity index (χ2v) is 5.12. The Bertz CT molecular complexity index is 624. The molecule has 19 heavy (non-hydrogen) atoms. The van der Waals surface area contributed by atoms with Gasteiger partial charge in [0.2, 0.25) is 0 Å². The van der Waals surface area contributed by atoms with E-state index in [1.807, 2.05) is 32.9 Å². The van der Waals surface area contributed by atoms with Crippen molar-refractivity contribution in [1.82, 2.24) is 9.97 Å². The Morgan fingerprint density at radius 2 is 1.84 bits per heavy atom. The van der Waals surface area contributed by atoms with Crippen molar-refractivity contribution in [2.45, 2.75) is 40.0 Å². The number of benzene rings is 1. The Morgan fingerprint density at radius 3 is 2.32 bits per heavy atom. The van der Waals surface area contributed by atoms with Crippen LogP contribution >= 0.6 is 0 Å². The van der Waals surface area contributed by atoms with Gasteiger partial charge >= 0.3 is 0 Å². The summed E-state index contributed by atoms with van der Waals surface area (Å²) in [6.45, 7) is 8.04. The quantitative estimate of drug-likeness (QED) is 0.914. The Labute approximate surface area is 113 Å². The van der Waals surface area contributed by atoms with Gasteiger partial charge in [0.05, 0.1) is 0 Å². The molecule has 0 aliphatic rings. The molecule has 0 amide bonds. The molecular formula is C16H20N2O. The van der Waals surface area contributed by atoms with Crippen LogP contribution in [0.5, 0.6) is 0 Å². The molecule has 0 saturated carbocycles. The molecule has 2 rings (SSSR count). The number of nitrogens with one attached hydrogen (secondary N) is 1. The van der Waals surface area contributed by atoms with Crippen LogP contribution in [0.4, 0.5) is 0 Å². The number of nitrogens with zero attached hydrogens (tertiary/aromatic N) is 1.